The molecule has 0 unspecified atom stereocenters. The second-order valence-electron chi connectivity index (χ2n) is 10.1. The zero-order valence-electron chi connectivity index (χ0n) is 23.2. The SMILES string of the molecule is Cc1cc(C)c2c(c1C)OC[N+](c1ccccc1)=C2.Cc1cc2c(c(C)c1C)C=[N+](c1ccccc1)CO2. The molecule has 0 saturated carbocycles. The van der Waals surface area contributed by atoms with Crippen molar-refractivity contribution in [2.45, 2.75) is 41.5 Å². The summed E-state index contributed by atoms with van der Waals surface area (Å²) in [5.41, 5.74) is 12.4. The van der Waals surface area contributed by atoms with Crippen molar-refractivity contribution in [3.63, 3.8) is 0 Å². The summed E-state index contributed by atoms with van der Waals surface area (Å²) in [4.78, 5) is 0. The van der Waals surface area contributed by atoms with Crippen LogP contribution in [0.15, 0.2) is 72.8 Å². The Labute approximate surface area is 226 Å². The number of nitrogens with zero attached hydrogens (tertiary/aromatic N) is 2. The van der Waals surface area contributed by atoms with Crippen molar-refractivity contribution in [2.24, 2.45) is 0 Å². The molecular weight excluding hydrogens is 468 g/mol. The number of benzene rings is 4. The molecule has 0 saturated heterocycles. The number of rotatable bonds is 2. The minimum Gasteiger partial charge on any atom is -0.435 e. The predicted molar refractivity (Wildman–Crippen MR) is 155 cm³/mol. The average molecular weight is 505 g/mol. The maximum Gasteiger partial charge on any atom is 0.292 e. The molecule has 4 aromatic carbocycles. The molecule has 6 rings (SSSR count). The monoisotopic (exact) mass is 504 g/mol. The summed E-state index contributed by atoms with van der Waals surface area (Å²) in [5, 5.41) is 0. The number of hydrogen-bond donors (Lipinski definition) is 0. The first-order chi connectivity index (χ1) is 18.3. The van der Waals surface area contributed by atoms with Gasteiger partial charge in [0.05, 0.1) is 11.1 Å². The Morgan fingerprint density at radius 2 is 1.05 bits per heavy atom. The summed E-state index contributed by atoms with van der Waals surface area (Å²) in [6.07, 6.45) is 4.38. The van der Waals surface area contributed by atoms with E-state index >= 15 is 0 Å². The van der Waals surface area contributed by atoms with Crippen LogP contribution in [0.1, 0.15) is 44.5 Å². The topological polar surface area (TPSA) is 24.5 Å². The third-order valence-electron chi connectivity index (χ3n) is 7.66. The van der Waals surface area contributed by atoms with Crippen LogP contribution >= 0.6 is 0 Å². The van der Waals surface area contributed by atoms with Crippen molar-refractivity contribution in [3.05, 3.63) is 117 Å². The zero-order valence-corrected chi connectivity index (χ0v) is 23.2. The van der Waals surface area contributed by atoms with E-state index in [0.717, 1.165) is 22.9 Å². The maximum atomic E-state index is 5.98. The third kappa shape index (κ3) is 4.99. The minimum atomic E-state index is 0.568. The van der Waals surface area contributed by atoms with Crippen molar-refractivity contribution in [3.8, 4) is 11.5 Å². The van der Waals surface area contributed by atoms with Gasteiger partial charge in [0.25, 0.3) is 13.5 Å². The van der Waals surface area contributed by atoms with Gasteiger partial charge in [-0.05, 0) is 81.0 Å². The summed E-state index contributed by atoms with van der Waals surface area (Å²) in [6, 6.07) is 25.0. The van der Waals surface area contributed by atoms with E-state index in [4.69, 9.17) is 9.47 Å². The molecule has 0 spiro atoms. The molecule has 0 atom stereocenters. The van der Waals surface area contributed by atoms with Gasteiger partial charge in [-0.1, -0.05) is 42.5 Å². The Bertz CT molecular complexity index is 1500. The quantitative estimate of drug-likeness (QED) is 0.265. The van der Waals surface area contributed by atoms with Crippen molar-refractivity contribution in [1.29, 1.82) is 0 Å². The van der Waals surface area contributed by atoms with Gasteiger partial charge in [0, 0.05) is 24.3 Å². The highest BCUT2D eigenvalue weighted by Gasteiger charge is 2.23. The standard InChI is InChI=1S/2C17H18NO/c1-12-9-17-16(14(3)13(12)2)10-18(11-19-17)15-7-5-4-6-8-15;1-12-9-13(2)16-10-18(11-19-17(16)14(12)3)15-7-5-4-6-8-15/h2*4-10H,11H2,1-3H3/q2*+1. The van der Waals surface area contributed by atoms with Gasteiger partial charge in [-0.25, -0.2) is 0 Å². The van der Waals surface area contributed by atoms with E-state index in [2.05, 4.69) is 99.5 Å². The van der Waals surface area contributed by atoms with Crippen LogP contribution in [0.25, 0.3) is 0 Å². The number of aryl methyl sites for hydroxylation is 3. The van der Waals surface area contributed by atoms with E-state index in [0.29, 0.717) is 13.5 Å². The van der Waals surface area contributed by atoms with Crippen molar-refractivity contribution in [2.75, 3.05) is 13.5 Å². The normalized spacial score (nSPS) is 13.5. The number of fused-ring (bicyclic) bond motifs is 2. The van der Waals surface area contributed by atoms with E-state index < -0.39 is 0 Å². The summed E-state index contributed by atoms with van der Waals surface area (Å²) in [6.45, 7) is 14.0. The highest BCUT2D eigenvalue weighted by atomic mass is 16.5. The average Bonchev–Trinajstić information content (AvgIpc) is 2.96. The molecule has 0 aliphatic carbocycles. The Morgan fingerprint density at radius 1 is 0.526 bits per heavy atom. The van der Waals surface area contributed by atoms with E-state index in [1.165, 1.54) is 44.5 Å². The molecule has 2 aliphatic heterocycles. The molecule has 2 aliphatic rings. The van der Waals surface area contributed by atoms with Gasteiger partial charge in [0.2, 0.25) is 11.4 Å². The maximum absolute atomic E-state index is 5.98. The van der Waals surface area contributed by atoms with Gasteiger partial charge >= 0.3 is 0 Å². The molecule has 192 valence electrons. The molecule has 0 amide bonds. The summed E-state index contributed by atoms with van der Waals surface area (Å²) in [7, 11) is 0. The molecule has 0 fully saturated rings. The zero-order chi connectivity index (χ0) is 26.8. The molecule has 0 N–H and O–H groups in total. The van der Waals surface area contributed by atoms with Gasteiger partial charge in [-0.3, -0.25) is 0 Å². The van der Waals surface area contributed by atoms with E-state index in [-0.39, 0.29) is 0 Å². The number of hydrogen-bond acceptors (Lipinski definition) is 2. The first-order valence-corrected chi connectivity index (χ1v) is 13.1. The molecule has 4 nitrogen and oxygen atoms in total. The molecule has 0 radical (unpaired) electrons. The van der Waals surface area contributed by atoms with Crippen molar-refractivity contribution >= 4 is 23.8 Å². The minimum absolute atomic E-state index is 0.568. The summed E-state index contributed by atoms with van der Waals surface area (Å²) in [5.74, 6) is 2.03. The lowest BCUT2D eigenvalue weighted by atomic mass is 9.98. The molecule has 0 bridgehead atoms. The van der Waals surface area contributed by atoms with Gasteiger partial charge in [-0.15, -0.1) is 0 Å². The van der Waals surface area contributed by atoms with Crippen LogP contribution in [0.2, 0.25) is 0 Å². The van der Waals surface area contributed by atoms with Gasteiger partial charge < -0.3 is 9.47 Å². The Hall–Kier alpha value is -4.18. The fraction of sp³-hybridized carbons (Fsp3) is 0.235. The Kier molecular flexibility index (Phi) is 7.15. The Morgan fingerprint density at radius 3 is 1.66 bits per heavy atom. The van der Waals surface area contributed by atoms with E-state index in [1.807, 2.05) is 36.4 Å². The third-order valence-corrected chi connectivity index (χ3v) is 7.66. The smallest absolute Gasteiger partial charge is 0.292 e. The Balaban J connectivity index is 0.000000155. The van der Waals surface area contributed by atoms with Crippen LogP contribution in [-0.2, 0) is 0 Å². The van der Waals surface area contributed by atoms with Gasteiger partial charge in [0.1, 0.15) is 11.5 Å². The second kappa shape index (κ2) is 10.7. The highest BCUT2D eigenvalue weighted by molar-refractivity contribution is 5.85. The lowest BCUT2D eigenvalue weighted by Gasteiger charge is -2.18. The molecular formula is C34H36N2O2+2. The molecule has 38 heavy (non-hydrogen) atoms. The van der Waals surface area contributed by atoms with Crippen molar-refractivity contribution in [1.82, 2.24) is 0 Å². The van der Waals surface area contributed by atoms with E-state index in [1.54, 1.807) is 0 Å². The largest absolute Gasteiger partial charge is 0.435 e. The lowest BCUT2D eigenvalue weighted by molar-refractivity contribution is -0.476. The van der Waals surface area contributed by atoms with Crippen LogP contribution in [-0.4, -0.2) is 35.0 Å². The fourth-order valence-corrected chi connectivity index (χ4v) is 4.96. The van der Waals surface area contributed by atoms with Crippen molar-refractivity contribution < 1.29 is 18.6 Å². The van der Waals surface area contributed by atoms with Crippen LogP contribution in [0.3, 0.4) is 0 Å². The molecule has 4 heteroatoms. The summed E-state index contributed by atoms with van der Waals surface area (Å²) >= 11 is 0. The fourth-order valence-electron chi connectivity index (χ4n) is 4.96. The molecule has 4 aromatic rings. The van der Waals surface area contributed by atoms with Crippen LogP contribution in [0.4, 0.5) is 11.4 Å². The molecule has 2 heterocycles. The van der Waals surface area contributed by atoms with E-state index in [9.17, 15) is 0 Å². The summed E-state index contributed by atoms with van der Waals surface area (Å²) < 4.78 is 16.2. The molecule has 0 aromatic heterocycles. The number of ether oxygens (including phenoxy) is 2. The van der Waals surface area contributed by atoms with Crippen LogP contribution in [0, 0.1) is 41.5 Å². The second-order valence-corrected chi connectivity index (χ2v) is 10.1. The lowest BCUT2D eigenvalue weighted by Crippen LogP contribution is -2.22. The van der Waals surface area contributed by atoms with Crippen LogP contribution in [0.5, 0.6) is 11.5 Å². The van der Waals surface area contributed by atoms with Gasteiger partial charge in [-0.2, -0.15) is 9.15 Å². The van der Waals surface area contributed by atoms with Gasteiger partial charge in [0.15, 0.2) is 12.4 Å². The first-order valence-electron chi connectivity index (χ1n) is 13.1. The number of para-hydroxylation sites is 2. The first kappa shape index (κ1) is 25.5. The van der Waals surface area contributed by atoms with Crippen LogP contribution < -0.4 is 9.47 Å². The highest BCUT2D eigenvalue weighted by Crippen LogP contribution is 2.32. The predicted octanol–water partition coefficient (Wildman–Crippen LogP) is 7.45.